The van der Waals surface area contributed by atoms with Crippen LogP contribution in [-0.2, 0) is 15.6 Å². The van der Waals surface area contributed by atoms with Gasteiger partial charge in [-0.1, -0.05) is 45.4 Å². The van der Waals surface area contributed by atoms with Crippen LogP contribution in [0.4, 0.5) is 43.9 Å². The minimum Gasteiger partial charge on any atom is -0.429 e. The highest BCUT2D eigenvalue weighted by atomic mass is 19.4. The normalized spacial score (nSPS) is 21.9. The van der Waals surface area contributed by atoms with Crippen LogP contribution in [-0.4, -0.2) is 19.6 Å². The smallest absolute Gasteiger partial charge is 0.429 e. The summed E-state index contributed by atoms with van der Waals surface area (Å²) < 4.78 is 160. The molecular weight excluding hydrogens is 674 g/mol. The molecule has 5 rings (SSSR count). The van der Waals surface area contributed by atoms with Gasteiger partial charge >= 0.3 is 12.5 Å². The fourth-order valence-corrected chi connectivity index (χ4v) is 6.54. The largest absolute Gasteiger partial charge is 0.573 e. The number of benzene rings is 3. The van der Waals surface area contributed by atoms with E-state index in [0.29, 0.717) is 42.3 Å². The van der Waals surface area contributed by atoms with E-state index in [1.165, 1.54) is 25.7 Å². The predicted molar refractivity (Wildman–Crippen MR) is 157 cm³/mol. The fourth-order valence-electron chi connectivity index (χ4n) is 6.54. The molecule has 1 heterocycles. The van der Waals surface area contributed by atoms with Crippen molar-refractivity contribution in [3.8, 4) is 22.6 Å². The summed E-state index contributed by atoms with van der Waals surface area (Å²) >= 11 is 0. The van der Waals surface area contributed by atoms with Crippen molar-refractivity contribution in [3.05, 3.63) is 82.7 Å². The standard InChI is InChI=1S/C35H34F10O4/c1-2-3-4-5-19-6-8-20(9-7-19)23-17-46-33(47-18-23)22-14-27(37)31(28(38)15-22)34(41,42)48-24-10-11-25(26(36)16-24)21-12-29(39)32(30(40)13-21)49-35(43,44)45/h10-16,19-20,23,33H,2-9,17-18H2,1H3. The van der Waals surface area contributed by atoms with Crippen molar-refractivity contribution in [1.82, 2.24) is 0 Å². The molecule has 3 aromatic rings. The predicted octanol–water partition coefficient (Wildman–Crippen LogP) is 11.1. The van der Waals surface area contributed by atoms with E-state index in [-0.39, 0.29) is 24.7 Å². The third kappa shape index (κ3) is 8.99. The summed E-state index contributed by atoms with van der Waals surface area (Å²) in [6.45, 7) is 2.75. The Bertz CT molecular complexity index is 1550. The Balaban J connectivity index is 1.22. The van der Waals surface area contributed by atoms with E-state index in [0.717, 1.165) is 37.7 Å². The summed E-state index contributed by atoms with van der Waals surface area (Å²) in [5.74, 6) is -9.85. The first-order chi connectivity index (χ1) is 23.1. The maximum atomic E-state index is 15.1. The van der Waals surface area contributed by atoms with Gasteiger partial charge < -0.3 is 18.9 Å². The second-order valence-corrected chi connectivity index (χ2v) is 12.5. The van der Waals surface area contributed by atoms with Gasteiger partial charge in [-0.25, -0.2) is 22.0 Å². The highest BCUT2D eigenvalue weighted by Crippen LogP contribution is 2.41. The van der Waals surface area contributed by atoms with E-state index in [2.05, 4.69) is 16.4 Å². The molecule has 0 amide bonds. The van der Waals surface area contributed by atoms with Crippen LogP contribution in [0.25, 0.3) is 11.1 Å². The van der Waals surface area contributed by atoms with Crippen molar-refractivity contribution in [2.24, 2.45) is 17.8 Å². The molecule has 268 valence electrons. The highest BCUT2D eigenvalue weighted by molar-refractivity contribution is 5.66. The maximum absolute atomic E-state index is 15.1. The van der Waals surface area contributed by atoms with Gasteiger partial charge in [0.05, 0.1) is 13.2 Å². The average Bonchev–Trinajstić information content (AvgIpc) is 3.02. The van der Waals surface area contributed by atoms with E-state index >= 15 is 17.6 Å². The van der Waals surface area contributed by atoms with Crippen molar-refractivity contribution in [1.29, 1.82) is 0 Å². The van der Waals surface area contributed by atoms with Gasteiger partial charge in [-0.2, -0.15) is 8.78 Å². The van der Waals surface area contributed by atoms with Gasteiger partial charge in [-0.05, 0) is 66.6 Å². The molecule has 49 heavy (non-hydrogen) atoms. The summed E-state index contributed by atoms with van der Waals surface area (Å²) in [5, 5.41) is 0. The summed E-state index contributed by atoms with van der Waals surface area (Å²) in [5.41, 5.74) is -3.14. The van der Waals surface area contributed by atoms with Gasteiger partial charge in [-0.15, -0.1) is 13.2 Å². The van der Waals surface area contributed by atoms with Gasteiger partial charge in [0, 0.05) is 23.1 Å². The molecule has 2 fully saturated rings. The first-order valence-corrected chi connectivity index (χ1v) is 16.0. The van der Waals surface area contributed by atoms with Crippen molar-refractivity contribution in [2.75, 3.05) is 13.2 Å². The third-order valence-corrected chi connectivity index (χ3v) is 9.04. The van der Waals surface area contributed by atoms with Crippen LogP contribution in [0.2, 0.25) is 0 Å². The zero-order valence-electron chi connectivity index (χ0n) is 26.3. The molecule has 0 spiro atoms. The lowest BCUT2D eigenvalue weighted by molar-refractivity contribution is -0.276. The molecule has 1 saturated carbocycles. The quantitative estimate of drug-likeness (QED) is 0.147. The summed E-state index contributed by atoms with van der Waals surface area (Å²) in [4.78, 5) is 0. The van der Waals surface area contributed by atoms with Gasteiger partial charge in [0.2, 0.25) is 5.75 Å². The van der Waals surface area contributed by atoms with E-state index < -0.39 is 76.0 Å². The highest BCUT2D eigenvalue weighted by Gasteiger charge is 2.42. The second-order valence-electron chi connectivity index (χ2n) is 12.5. The first-order valence-electron chi connectivity index (χ1n) is 16.0. The molecule has 1 aliphatic heterocycles. The number of halogens is 10. The Labute approximate surface area is 276 Å². The summed E-state index contributed by atoms with van der Waals surface area (Å²) in [7, 11) is 0. The van der Waals surface area contributed by atoms with E-state index in [1.54, 1.807) is 0 Å². The lowest BCUT2D eigenvalue weighted by atomic mass is 9.74. The van der Waals surface area contributed by atoms with Crippen LogP contribution in [0.15, 0.2) is 42.5 Å². The second kappa shape index (κ2) is 15.2. The number of rotatable bonds is 11. The monoisotopic (exact) mass is 708 g/mol. The lowest BCUT2D eigenvalue weighted by Crippen LogP contribution is -2.34. The molecule has 2 aliphatic rings. The first kappa shape index (κ1) is 36.8. The van der Waals surface area contributed by atoms with Crippen molar-refractivity contribution < 1.29 is 62.9 Å². The molecular formula is C35H34F10O4. The van der Waals surface area contributed by atoms with Gasteiger partial charge in [0.1, 0.15) is 28.8 Å². The Morgan fingerprint density at radius 1 is 0.694 bits per heavy atom. The SMILES string of the molecule is CCCCCC1CCC(C2COC(c3cc(F)c(C(F)(F)Oc4ccc(-c5cc(F)c(OC(F)(F)F)c(F)c5)c(F)c4)c(F)c3)OC2)CC1. The lowest BCUT2D eigenvalue weighted by Gasteiger charge is -2.38. The molecule has 1 saturated heterocycles. The van der Waals surface area contributed by atoms with Gasteiger partial charge in [0.15, 0.2) is 17.9 Å². The van der Waals surface area contributed by atoms with Crippen LogP contribution in [0.3, 0.4) is 0 Å². The van der Waals surface area contributed by atoms with Crippen LogP contribution >= 0.6 is 0 Å². The molecule has 0 unspecified atom stereocenters. The number of alkyl halides is 5. The Kier molecular flexibility index (Phi) is 11.4. The van der Waals surface area contributed by atoms with Crippen LogP contribution in [0, 0.1) is 46.8 Å². The number of hydrogen-bond acceptors (Lipinski definition) is 4. The molecule has 0 bridgehead atoms. The van der Waals surface area contributed by atoms with Crippen molar-refractivity contribution >= 4 is 0 Å². The number of ether oxygens (including phenoxy) is 4. The average molecular weight is 709 g/mol. The molecule has 4 nitrogen and oxygen atoms in total. The molecule has 3 aromatic carbocycles. The minimum atomic E-state index is -5.41. The minimum absolute atomic E-state index is 0.104. The van der Waals surface area contributed by atoms with Crippen LogP contribution in [0.5, 0.6) is 11.5 Å². The molecule has 14 heteroatoms. The fraction of sp³-hybridized carbons (Fsp3) is 0.486. The van der Waals surface area contributed by atoms with Crippen LogP contribution in [0.1, 0.15) is 75.7 Å². The summed E-state index contributed by atoms with van der Waals surface area (Å²) in [6.07, 6.45) is -2.01. The topological polar surface area (TPSA) is 36.9 Å². The van der Waals surface area contributed by atoms with Gasteiger partial charge in [-0.3, -0.25) is 0 Å². The zero-order chi connectivity index (χ0) is 35.5. The van der Waals surface area contributed by atoms with Crippen LogP contribution < -0.4 is 9.47 Å². The van der Waals surface area contributed by atoms with Crippen molar-refractivity contribution in [2.45, 2.75) is 77.1 Å². The zero-order valence-corrected chi connectivity index (χ0v) is 26.3. The van der Waals surface area contributed by atoms with E-state index in [4.69, 9.17) is 9.47 Å². The number of unbranched alkanes of at least 4 members (excludes halogenated alkanes) is 2. The Morgan fingerprint density at radius 3 is 1.86 bits per heavy atom. The molecule has 0 N–H and O–H groups in total. The maximum Gasteiger partial charge on any atom is 0.573 e. The number of hydrogen-bond donors (Lipinski definition) is 0. The van der Waals surface area contributed by atoms with E-state index in [9.17, 15) is 26.3 Å². The Hall–Kier alpha value is -3.52. The molecule has 0 atom stereocenters. The summed E-state index contributed by atoms with van der Waals surface area (Å²) in [6, 6.07) is 3.75. The van der Waals surface area contributed by atoms with Crippen molar-refractivity contribution in [3.63, 3.8) is 0 Å². The Morgan fingerprint density at radius 2 is 1.31 bits per heavy atom. The van der Waals surface area contributed by atoms with Gasteiger partial charge in [0.25, 0.3) is 0 Å². The third-order valence-electron chi connectivity index (χ3n) is 9.04. The molecule has 0 radical (unpaired) electrons. The molecule has 1 aliphatic carbocycles. The van der Waals surface area contributed by atoms with E-state index in [1.807, 2.05) is 0 Å². The molecule has 0 aromatic heterocycles.